The molecule has 3 aromatic rings. The normalized spacial score (nSPS) is 17.9. The van der Waals surface area contributed by atoms with Crippen molar-refractivity contribution < 1.29 is 42.9 Å². The first-order valence-corrected chi connectivity index (χ1v) is 16.4. The molecule has 2 amide bonds. The minimum atomic E-state index is -0.961. The number of fused-ring (bicyclic) bond motifs is 1. The molecule has 0 unspecified atom stereocenters. The molecule has 5 rings (SSSR count). The second kappa shape index (κ2) is 14.7. The Morgan fingerprint density at radius 2 is 1.76 bits per heavy atom. The summed E-state index contributed by atoms with van der Waals surface area (Å²) in [6.07, 6.45) is -0.783. The molecule has 0 bridgehead atoms. The van der Waals surface area contributed by atoms with Crippen molar-refractivity contribution in [1.82, 2.24) is 20.4 Å². The summed E-state index contributed by atoms with van der Waals surface area (Å²) in [5.74, 6) is 2.51. The first-order chi connectivity index (χ1) is 23.1. The Bertz CT molecular complexity index is 1670. The van der Waals surface area contributed by atoms with E-state index < -0.39 is 35.5 Å². The molecule has 0 spiro atoms. The molecule has 0 saturated carbocycles. The van der Waals surface area contributed by atoms with Gasteiger partial charge >= 0.3 is 12.2 Å². The zero-order chi connectivity index (χ0) is 35.3. The number of aliphatic imine (C=N–C) groups is 1. The minimum absolute atomic E-state index is 0.0833. The molecule has 14 heteroatoms. The number of aliphatic hydroxyl groups is 1. The van der Waals surface area contributed by atoms with Crippen LogP contribution in [-0.4, -0.2) is 82.0 Å². The zero-order valence-electron chi connectivity index (χ0n) is 29.1. The van der Waals surface area contributed by atoms with E-state index in [9.17, 15) is 14.7 Å². The number of aliphatic hydroxyl groups excluding tert-OH is 1. The smallest absolute Gasteiger partial charge is 0.437 e. The van der Waals surface area contributed by atoms with Gasteiger partial charge in [-0.05, 0) is 109 Å². The number of ether oxygens (including phenoxy) is 5. The van der Waals surface area contributed by atoms with Crippen molar-refractivity contribution in [3.8, 4) is 28.6 Å². The number of aromatic nitrogens is 2. The summed E-state index contributed by atoms with van der Waals surface area (Å²) >= 11 is 0. The van der Waals surface area contributed by atoms with E-state index in [4.69, 9.17) is 28.2 Å². The number of alkyl carbamates (subject to hydrolysis) is 1. The molecule has 0 radical (unpaired) electrons. The average Bonchev–Trinajstić information content (AvgIpc) is 3.64. The van der Waals surface area contributed by atoms with E-state index in [1.165, 1.54) is 4.90 Å². The maximum atomic E-state index is 12.7. The van der Waals surface area contributed by atoms with Crippen molar-refractivity contribution in [3.05, 3.63) is 53.4 Å². The van der Waals surface area contributed by atoms with Crippen molar-refractivity contribution in [3.63, 3.8) is 0 Å². The van der Waals surface area contributed by atoms with Crippen LogP contribution in [0.2, 0.25) is 0 Å². The molecule has 14 nitrogen and oxygen atoms in total. The van der Waals surface area contributed by atoms with Crippen LogP contribution in [0.4, 0.5) is 9.59 Å². The fraction of sp³-hybridized carbons (Fsp3) is 0.514. The van der Waals surface area contributed by atoms with Crippen LogP contribution in [0.3, 0.4) is 0 Å². The van der Waals surface area contributed by atoms with E-state index in [0.717, 1.165) is 41.2 Å². The Morgan fingerprint density at radius 1 is 1.02 bits per heavy atom. The number of aryl methyl sites for hydroxylation is 2. The lowest BCUT2D eigenvalue weighted by Crippen LogP contribution is -2.47. The van der Waals surface area contributed by atoms with Crippen LogP contribution in [0.25, 0.3) is 11.4 Å². The summed E-state index contributed by atoms with van der Waals surface area (Å²) in [6, 6.07) is 10.7. The highest BCUT2D eigenvalue weighted by Crippen LogP contribution is 2.34. The molecule has 1 fully saturated rings. The van der Waals surface area contributed by atoms with E-state index >= 15 is 0 Å². The van der Waals surface area contributed by atoms with Gasteiger partial charge in [-0.2, -0.15) is 4.98 Å². The predicted molar refractivity (Wildman–Crippen MR) is 179 cm³/mol. The molecule has 3 heterocycles. The third-order valence-corrected chi connectivity index (χ3v) is 7.44. The fourth-order valence-corrected chi connectivity index (χ4v) is 5.37. The Labute approximate surface area is 285 Å². The third kappa shape index (κ3) is 9.62. The third-order valence-electron chi connectivity index (χ3n) is 7.44. The molecular weight excluding hydrogens is 634 g/mol. The second-order valence-corrected chi connectivity index (χ2v) is 13.9. The lowest BCUT2D eigenvalue weighted by molar-refractivity contribution is 0.0546. The number of hydrogen-bond acceptors (Lipinski definition) is 11. The largest absolute Gasteiger partial charge is 0.493 e. The molecule has 0 aliphatic carbocycles. The number of benzene rings is 2. The number of carbonyl (C=O) groups is 2. The summed E-state index contributed by atoms with van der Waals surface area (Å²) in [6.45, 7) is 14.1. The van der Waals surface area contributed by atoms with Crippen molar-refractivity contribution in [1.29, 1.82) is 0 Å². The lowest BCUT2D eigenvalue weighted by Gasteiger charge is -2.28. The molecule has 1 aromatic heterocycles. The summed E-state index contributed by atoms with van der Waals surface area (Å²) in [5, 5.41) is 17.7. The molecule has 2 N–H and O–H groups in total. The summed E-state index contributed by atoms with van der Waals surface area (Å²) in [4.78, 5) is 35.5. The van der Waals surface area contributed by atoms with E-state index in [2.05, 4.69) is 20.4 Å². The Kier molecular flexibility index (Phi) is 10.7. The summed E-state index contributed by atoms with van der Waals surface area (Å²) < 4.78 is 33.7. The maximum absolute atomic E-state index is 12.7. The number of nitrogens with one attached hydrogen (secondary N) is 1. The Morgan fingerprint density at radius 3 is 2.47 bits per heavy atom. The van der Waals surface area contributed by atoms with E-state index in [1.807, 2.05) is 43.3 Å². The van der Waals surface area contributed by atoms with E-state index in [0.29, 0.717) is 31.2 Å². The number of likely N-dealkylation sites (tertiary alicyclic amines) is 1. The molecule has 2 atom stereocenters. The van der Waals surface area contributed by atoms with Gasteiger partial charge in [0, 0.05) is 12.1 Å². The number of guanidine groups is 1. The van der Waals surface area contributed by atoms with Crippen molar-refractivity contribution in [2.45, 2.75) is 91.1 Å². The SMILES string of the molecule is Cc1cc(-c2noc([C@@H]3[C@@H](O)CCN3/C(=N/C(=O)OC(C)(C)C)NC(=O)OC(C)(C)C)n2)ccc1OCCCc1ccc2c(c1)OCCO2. The van der Waals surface area contributed by atoms with Gasteiger partial charge in [-0.1, -0.05) is 11.2 Å². The Balaban J connectivity index is 1.26. The van der Waals surface area contributed by atoms with Gasteiger partial charge in [-0.25, -0.2) is 9.59 Å². The predicted octanol–water partition coefficient (Wildman–Crippen LogP) is 5.75. The lowest BCUT2D eigenvalue weighted by atomic mass is 10.1. The number of rotatable bonds is 7. The second-order valence-electron chi connectivity index (χ2n) is 13.9. The van der Waals surface area contributed by atoms with Crippen LogP contribution in [0, 0.1) is 6.92 Å². The van der Waals surface area contributed by atoms with E-state index in [1.54, 1.807) is 41.5 Å². The van der Waals surface area contributed by atoms with Gasteiger partial charge in [0.15, 0.2) is 11.5 Å². The maximum Gasteiger partial charge on any atom is 0.437 e. The van der Waals surface area contributed by atoms with Crippen LogP contribution in [-0.2, 0) is 15.9 Å². The van der Waals surface area contributed by atoms with Gasteiger partial charge in [-0.3, -0.25) is 5.32 Å². The van der Waals surface area contributed by atoms with Crippen LogP contribution in [0.5, 0.6) is 17.2 Å². The molecular formula is C35H45N5O9. The van der Waals surface area contributed by atoms with E-state index in [-0.39, 0.29) is 24.8 Å². The van der Waals surface area contributed by atoms with Crippen LogP contribution in [0.15, 0.2) is 45.9 Å². The molecule has 264 valence electrons. The zero-order valence-corrected chi connectivity index (χ0v) is 29.1. The molecule has 2 aromatic carbocycles. The monoisotopic (exact) mass is 679 g/mol. The van der Waals surface area contributed by atoms with Crippen molar-refractivity contribution in [2.75, 3.05) is 26.4 Å². The summed E-state index contributed by atoms with van der Waals surface area (Å²) in [7, 11) is 0. The average molecular weight is 680 g/mol. The highest BCUT2D eigenvalue weighted by molar-refractivity contribution is 5.99. The number of nitrogens with zero attached hydrogens (tertiary/aromatic N) is 4. The highest BCUT2D eigenvalue weighted by atomic mass is 16.6. The van der Waals surface area contributed by atoms with Crippen LogP contribution >= 0.6 is 0 Å². The van der Waals surface area contributed by atoms with Gasteiger partial charge in [0.05, 0.1) is 12.7 Å². The van der Waals surface area contributed by atoms with Gasteiger partial charge in [-0.15, -0.1) is 4.99 Å². The highest BCUT2D eigenvalue weighted by Gasteiger charge is 2.41. The van der Waals surface area contributed by atoms with Gasteiger partial charge in [0.25, 0.3) is 5.89 Å². The minimum Gasteiger partial charge on any atom is -0.493 e. The molecule has 49 heavy (non-hydrogen) atoms. The first-order valence-electron chi connectivity index (χ1n) is 16.4. The topological polar surface area (TPSA) is 167 Å². The standard InChI is InChI=1S/C35H45N5O9/c1-21-19-23(11-13-25(21)44-16-8-9-22-10-12-26-27(20-22)46-18-17-45-26)29-36-30(49-39-29)28-24(41)14-15-40(28)31(37-32(42)47-34(2,3)4)38-33(43)48-35(5,6)7/h10-13,19-20,24,28,41H,8-9,14-18H2,1-7H3,(H,37,38,42,43)/t24-,28-/m0/s1. The summed E-state index contributed by atoms with van der Waals surface area (Å²) in [5.41, 5.74) is 1.10. The Hall–Kier alpha value is -4.85. The van der Waals surface area contributed by atoms with Crippen molar-refractivity contribution in [2.24, 2.45) is 4.99 Å². The van der Waals surface area contributed by atoms with Gasteiger partial charge in [0.2, 0.25) is 11.8 Å². The molecule has 2 aliphatic rings. The molecule has 2 aliphatic heterocycles. The quantitative estimate of drug-likeness (QED) is 0.177. The number of hydrogen-bond donors (Lipinski definition) is 2. The molecule has 1 saturated heterocycles. The van der Waals surface area contributed by atoms with Crippen LogP contribution in [0.1, 0.15) is 77.4 Å². The van der Waals surface area contributed by atoms with Gasteiger partial charge < -0.3 is 38.2 Å². The number of carbonyl (C=O) groups excluding carboxylic acids is 2. The first kappa shape index (κ1) is 35.5. The number of amides is 2. The fourth-order valence-electron chi connectivity index (χ4n) is 5.37. The van der Waals surface area contributed by atoms with Gasteiger partial charge in [0.1, 0.15) is 36.2 Å². The van der Waals surface area contributed by atoms with Crippen molar-refractivity contribution >= 4 is 18.1 Å². The van der Waals surface area contributed by atoms with Crippen LogP contribution < -0.4 is 19.5 Å².